The molecule has 2 aromatic rings. The van der Waals surface area contributed by atoms with E-state index in [0.29, 0.717) is 16.8 Å². The van der Waals surface area contributed by atoms with Gasteiger partial charge < -0.3 is 16.0 Å². The van der Waals surface area contributed by atoms with E-state index in [4.69, 9.17) is 0 Å². The van der Waals surface area contributed by atoms with Crippen LogP contribution in [0.4, 0.5) is 5.69 Å². The van der Waals surface area contributed by atoms with Crippen LogP contribution in [0.25, 0.3) is 0 Å². The van der Waals surface area contributed by atoms with E-state index in [2.05, 4.69) is 16.0 Å². The number of nitrogens with one attached hydrogen (secondary N) is 3. The molecule has 6 heteroatoms. The van der Waals surface area contributed by atoms with E-state index in [0.717, 1.165) is 12.8 Å². The Kier molecular flexibility index (Phi) is 5.86. The van der Waals surface area contributed by atoms with Gasteiger partial charge in [-0.05, 0) is 50.1 Å². The molecule has 2 aromatic carbocycles. The maximum atomic E-state index is 12.2. The van der Waals surface area contributed by atoms with Gasteiger partial charge in [0.15, 0.2) is 0 Å². The maximum Gasteiger partial charge on any atom is 0.251 e. The van der Waals surface area contributed by atoms with E-state index in [9.17, 15) is 14.4 Å². The number of anilines is 1. The third kappa shape index (κ3) is 5.67. The van der Waals surface area contributed by atoms with Gasteiger partial charge in [0.2, 0.25) is 5.91 Å². The number of carbonyl (C=O) groups is 3. The second-order valence-electron chi connectivity index (χ2n) is 6.82. The van der Waals surface area contributed by atoms with Gasteiger partial charge in [-0.3, -0.25) is 14.4 Å². The molecule has 140 valence electrons. The lowest BCUT2D eigenvalue weighted by molar-refractivity contribution is -0.116. The Morgan fingerprint density at radius 3 is 2.37 bits per heavy atom. The maximum absolute atomic E-state index is 12.2. The molecule has 27 heavy (non-hydrogen) atoms. The molecule has 0 bridgehead atoms. The summed E-state index contributed by atoms with van der Waals surface area (Å²) in [5.41, 5.74) is 1.63. The van der Waals surface area contributed by atoms with Crippen molar-refractivity contribution in [3.63, 3.8) is 0 Å². The zero-order chi connectivity index (χ0) is 19.2. The quantitative estimate of drug-likeness (QED) is 0.705. The highest BCUT2D eigenvalue weighted by Crippen LogP contribution is 2.20. The highest BCUT2D eigenvalue weighted by atomic mass is 16.2. The number of hydrogen-bond donors (Lipinski definition) is 3. The predicted molar refractivity (Wildman–Crippen MR) is 104 cm³/mol. The molecule has 3 N–H and O–H groups in total. The molecule has 0 radical (unpaired) electrons. The first-order valence-corrected chi connectivity index (χ1v) is 9.08. The molecule has 0 spiro atoms. The van der Waals surface area contributed by atoms with Gasteiger partial charge in [0.1, 0.15) is 0 Å². The van der Waals surface area contributed by atoms with Crippen molar-refractivity contribution >= 4 is 23.4 Å². The Morgan fingerprint density at radius 1 is 0.963 bits per heavy atom. The van der Waals surface area contributed by atoms with Crippen LogP contribution in [-0.4, -0.2) is 29.8 Å². The van der Waals surface area contributed by atoms with Crippen molar-refractivity contribution < 1.29 is 14.4 Å². The number of hydrogen-bond acceptors (Lipinski definition) is 3. The Balaban J connectivity index is 1.51. The van der Waals surface area contributed by atoms with Gasteiger partial charge >= 0.3 is 0 Å². The summed E-state index contributed by atoms with van der Waals surface area (Å²) < 4.78 is 0. The van der Waals surface area contributed by atoms with Gasteiger partial charge in [0, 0.05) is 35.3 Å². The van der Waals surface area contributed by atoms with Crippen molar-refractivity contribution in [3.8, 4) is 0 Å². The number of carbonyl (C=O) groups excluding carboxylic acids is 3. The topological polar surface area (TPSA) is 87.3 Å². The van der Waals surface area contributed by atoms with E-state index in [-0.39, 0.29) is 36.2 Å². The van der Waals surface area contributed by atoms with Crippen molar-refractivity contribution in [3.05, 3.63) is 65.7 Å². The van der Waals surface area contributed by atoms with Gasteiger partial charge in [-0.15, -0.1) is 0 Å². The molecule has 1 aliphatic rings. The molecular weight excluding hydrogens is 342 g/mol. The molecule has 1 unspecified atom stereocenters. The van der Waals surface area contributed by atoms with E-state index in [1.54, 1.807) is 55.5 Å². The minimum atomic E-state index is -0.320. The van der Waals surface area contributed by atoms with Crippen molar-refractivity contribution in [2.75, 3.05) is 5.32 Å². The molecule has 6 nitrogen and oxygen atoms in total. The van der Waals surface area contributed by atoms with E-state index >= 15 is 0 Å². The zero-order valence-corrected chi connectivity index (χ0v) is 15.2. The zero-order valence-electron chi connectivity index (χ0n) is 15.2. The third-order valence-corrected chi connectivity index (χ3v) is 4.23. The fourth-order valence-corrected chi connectivity index (χ4v) is 2.67. The van der Waals surface area contributed by atoms with Gasteiger partial charge in [0.25, 0.3) is 11.8 Å². The molecule has 1 saturated carbocycles. The monoisotopic (exact) mass is 365 g/mol. The number of amides is 3. The molecule has 1 fully saturated rings. The first-order valence-electron chi connectivity index (χ1n) is 9.08. The molecule has 0 aromatic heterocycles. The fourth-order valence-electron chi connectivity index (χ4n) is 2.67. The van der Waals surface area contributed by atoms with Crippen LogP contribution < -0.4 is 16.0 Å². The average Bonchev–Trinajstić information content (AvgIpc) is 3.46. The third-order valence-electron chi connectivity index (χ3n) is 4.23. The molecule has 0 aliphatic heterocycles. The summed E-state index contributed by atoms with van der Waals surface area (Å²) in [7, 11) is 0. The second kappa shape index (κ2) is 8.49. The number of rotatable bonds is 7. The number of benzene rings is 2. The molecule has 1 aliphatic carbocycles. The molecule has 3 amide bonds. The lowest BCUT2D eigenvalue weighted by atomic mass is 10.1. The van der Waals surface area contributed by atoms with Crippen LogP contribution in [-0.2, 0) is 4.79 Å². The summed E-state index contributed by atoms with van der Waals surface area (Å²) in [6.07, 6.45) is 2.18. The summed E-state index contributed by atoms with van der Waals surface area (Å²) >= 11 is 0. The molecule has 0 heterocycles. The first-order chi connectivity index (χ1) is 13.0. The summed E-state index contributed by atoms with van der Waals surface area (Å²) in [6.45, 7) is 1.78. The molecule has 1 atom stereocenters. The van der Waals surface area contributed by atoms with E-state index in [1.807, 2.05) is 6.07 Å². The predicted octanol–water partition coefficient (Wildman–Crippen LogP) is 2.73. The van der Waals surface area contributed by atoms with Crippen LogP contribution in [0.2, 0.25) is 0 Å². The van der Waals surface area contributed by atoms with Crippen molar-refractivity contribution in [1.29, 1.82) is 0 Å². The van der Waals surface area contributed by atoms with Gasteiger partial charge in [-0.1, -0.05) is 24.3 Å². The normalized spacial score (nSPS) is 14.1. The van der Waals surface area contributed by atoms with Crippen LogP contribution in [0.3, 0.4) is 0 Å². The standard InChI is InChI=1S/C21H23N3O3/c1-14(22-20(26)15-6-3-2-4-7-15)12-19(25)23-18-9-5-8-16(13-18)21(27)24-17-10-11-17/h2-9,13-14,17H,10-12H2,1H3,(H,22,26)(H,23,25)(H,24,27). The Bertz CT molecular complexity index is 832. The Morgan fingerprint density at radius 2 is 1.67 bits per heavy atom. The summed E-state index contributed by atoms with van der Waals surface area (Å²) in [6, 6.07) is 15.7. The van der Waals surface area contributed by atoms with Crippen LogP contribution >= 0.6 is 0 Å². The lowest BCUT2D eigenvalue weighted by Crippen LogP contribution is -2.35. The van der Waals surface area contributed by atoms with Crippen molar-refractivity contribution in [2.45, 2.75) is 38.3 Å². The smallest absolute Gasteiger partial charge is 0.251 e. The Labute approximate surface area is 158 Å². The van der Waals surface area contributed by atoms with Crippen molar-refractivity contribution in [1.82, 2.24) is 10.6 Å². The van der Waals surface area contributed by atoms with Gasteiger partial charge in [-0.25, -0.2) is 0 Å². The summed E-state index contributed by atoms with van der Waals surface area (Å²) in [5.74, 6) is -0.567. The molecular formula is C21H23N3O3. The Hall–Kier alpha value is -3.15. The second-order valence-corrected chi connectivity index (χ2v) is 6.82. The molecule has 0 saturated heterocycles. The highest BCUT2D eigenvalue weighted by molar-refractivity contribution is 5.98. The van der Waals surface area contributed by atoms with Gasteiger partial charge in [-0.2, -0.15) is 0 Å². The lowest BCUT2D eigenvalue weighted by Gasteiger charge is -2.14. The average molecular weight is 365 g/mol. The van der Waals surface area contributed by atoms with Crippen LogP contribution in [0, 0.1) is 0 Å². The minimum Gasteiger partial charge on any atom is -0.349 e. The van der Waals surface area contributed by atoms with Crippen molar-refractivity contribution in [2.24, 2.45) is 0 Å². The first kappa shape index (κ1) is 18.6. The minimum absolute atomic E-state index is 0.128. The summed E-state index contributed by atoms with van der Waals surface area (Å²) in [4.78, 5) is 36.5. The van der Waals surface area contributed by atoms with Gasteiger partial charge in [0.05, 0.1) is 0 Å². The SMILES string of the molecule is CC(CC(=O)Nc1cccc(C(=O)NC2CC2)c1)NC(=O)c1ccccc1. The van der Waals surface area contributed by atoms with Crippen LogP contribution in [0.15, 0.2) is 54.6 Å². The van der Waals surface area contributed by atoms with Crippen LogP contribution in [0.5, 0.6) is 0 Å². The fraction of sp³-hybridized carbons (Fsp3) is 0.286. The van der Waals surface area contributed by atoms with Crippen LogP contribution in [0.1, 0.15) is 46.9 Å². The largest absolute Gasteiger partial charge is 0.349 e. The molecule has 3 rings (SSSR count). The van der Waals surface area contributed by atoms with E-state index in [1.165, 1.54) is 0 Å². The van der Waals surface area contributed by atoms with E-state index < -0.39 is 0 Å². The summed E-state index contributed by atoms with van der Waals surface area (Å²) in [5, 5.41) is 8.51. The highest BCUT2D eigenvalue weighted by Gasteiger charge is 2.23.